The summed E-state index contributed by atoms with van der Waals surface area (Å²) < 4.78 is 5.10. The fraction of sp³-hybridized carbons (Fsp3) is 0.615. The van der Waals surface area contributed by atoms with Gasteiger partial charge in [0.2, 0.25) is 0 Å². The van der Waals surface area contributed by atoms with Gasteiger partial charge in [-0.3, -0.25) is 5.32 Å². The van der Waals surface area contributed by atoms with Gasteiger partial charge in [-0.05, 0) is 25.7 Å². The molecular formula is C13H17N3O4S. The smallest absolute Gasteiger partial charge is 0.332 e. The SMILES string of the molecule is O=C(Nc1nc2c(s1)CCCC2)NC1(C(=O)O)CCOC1. The van der Waals surface area contributed by atoms with Gasteiger partial charge in [0.1, 0.15) is 0 Å². The minimum Gasteiger partial charge on any atom is -0.479 e. The fourth-order valence-corrected chi connectivity index (χ4v) is 3.68. The van der Waals surface area contributed by atoms with Crippen molar-refractivity contribution in [3.8, 4) is 0 Å². The molecule has 3 N–H and O–H groups in total. The van der Waals surface area contributed by atoms with E-state index >= 15 is 0 Å². The number of carbonyl (C=O) groups is 2. The third-order valence-electron chi connectivity index (χ3n) is 3.85. The maximum atomic E-state index is 12.0. The number of hydrogen-bond acceptors (Lipinski definition) is 5. The molecule has 0 radical (unpaired) electrons. The summed E-state index contributed by atoms with van der Waals surface area (Å²) in [5.41, 5.74) is -0.278. The lowest BCUT2D eigenvalue weighted by atomic mass is 9.99. The zero-order valence-corrected chi connectivity index (χ0v) is 12.3. The van der Waals surface area contributed by atoms with Gasteiger partial charge in [-0.25, -0.2) is 14.6 Å². The molecule has 0 bridgehead atoms. The van der Waals surface area contributed by atoms with Crippen LogP contribution in [0.1, 0.15) is 29.8 Å². The highest BCUT2D eigenvalue weighted by molar-refractivity contribution is 7.15. The van der Waals surface area contributed by atoms with Gasteiger partial charge in [-0.2, -0.15) is 0 Å². The summed E-state index contributed by atoms with van der Waals surface area (Å²) in [4.78, 5) is 29.0. The van der Waals surface area contributed by atoms with Gasteiger partial charge >= 0.3 is 12.0 Å². The van der Waals surface area contributed by atoms with Crippen LogP contribution in [0.15, 0.2) is 0 Å². The number of thiazole rings is 1. The minimum absolute atomic E-state index is 0.00980. The molecule has 8 heteroatoms. The molecule has 21 heavy (non-hydrogen) atoms. The summed E-state index contributed by atoms with van der Waals surface area (Å²) in [7, 11) is 0. The number of nitrogens with one attached hydrogen (secondary N) is 2. The molecule has 2 heterocycles. The summed E-state index contributed by atoms with van der Waals surface area (Å²) in [6, 6.07) is -0.547. The number of carboxylic acid groups (broad SMARTS) is 1. The molecule has 1 aromatic rings. The largest absolute Gasteiger partial charge is 0.479 e. The number of fused-ring (bicyclic) bond motifs is 1. The second-order valence-corrected chi connectivity index (χ2v) is 6.45. The highest BCUT2D eigenvalue weighted by Gasteiger charge is 2.44. The number of nitrogens with zero attached hydrogens (tertiary/aromatic N) is 1. The number of ether oxygens (including phenoxy) is 1. The van der Waals surface area contributed by atoms with Crippen LogP contribution < -0.4 is 10.6 Å². The molecule has 1 fully saturated rings. The minimum atomic E-state index is -1.33. The van der Waals surface area contributed by atoms with Crippen molar-refractivity contribution in [2.45, 2.75) is 37.6 Å². The Bertz CT molecular complexity index is 542. The zero-order chi connectivity index (χ0) is 14.9. The zero-order valence-electron chi connectivity index (χ0n) is 11.5. The van der Waals surface area contributed by atoms with Crippen LogP contribution in [0.5, 0.6) is 0 Å². The first-order chi connectivity index (χ1) is 10.1. The monoisotopic (exact) mass is 311 g/mol. The van der Waals surface area contributed by atoms with E-state index in [1.807, 2.05) is 0 Å². The van der Waals surface area contributed by atoms with Gasteiger partial charge < -0.3 is 15.2 Å². The molecular weight excluding hydrogens is 294 g/mol. The average molecular weight is 311 g/mol. The Labute approximate surface area is 125 Å². The van der Waals surface area contributed by atoms with Crippen molar-refractivity contribution >= 4 is 28.5 Å². The van der Waals surface area contributed by atoms with Gasteiger partial charge in [0.15, 0.2) is 10.7 Å². The highest BCUT2D eigenvalue weighted by atomic mass is 32.1. The number of carbonyl (C=O) groups excluding carboxylic acids is 1. The van der Waals surface area contributed by atoms with Crippen molar-refractivity contribution in [1.29, 1.82) is 0 Å². The summed E-state index contributed by atoms with van der Waals surface area (Å²) in [6.45, 7) is 0.322. The van der Waals surface area contributed by atoms with Gasteiger partial charge in [0.25, 0.3) is 0 Å². The first kappa shape index (κ1) is 14.3. The van der Waals surface area contributed by atoms with Crippen LogP contribution in [0.4, 0.5) is 9.93 Å². The third kappa shape index (κ3) is 2.86. The topological polar surface area (TPSA) is 101 Å². The van der Waals surface area contributed by atoms with Crippen LogP contribution in [-0.4, -0.2) is 40.8 Å². The Morgan fingerprint density at radius 2 is 2.14 bits per heavy atom. The number of carboxylic acids is 1. The molecule has 1 saturated heterocycles. The number of urea groups is 1. The van der Waals surface area contributed by atoms with Crippen LogP contribution in [0, 0.1) is 0 Å². The van der Waals surface area contributed by atoms with E-state index in [1.165, 1.54) is 16.2 Å². The number of rotatable bonds is 3. The molecule has 114 valence electrons. The van der Waals surface area contributed by atoms with Crippen LogP contribution in [0.25, 0.3) is 0 Å². The molecule has 1 unspecified atom stereocenters. The normalized spacial score (nSPS) is 24.4. The summed E-state index contributed by atoms with van der Waals surface area (Å²) >= 11 is 1.47. The molecule has 3 rings (SSSR count). The standard InChI is InChI=1S/C13H17N3O4S/c17-10(18)13(5-6-20-7-13)16-11(19)15-12-14-8-3-1-2-4-9(8)21-12/h1-7H2,(H,17,18)(H2,14,15,16,19). The van der Waals surface area contributed by atoms with Crippen molar-refractivity contribution in [2.24, 2.45) is 0 Å². The highest BCUT2D eigenvalue weighted by Crippen LogP contribution is 2.29. The van der Waals surface area contributed by atoms with E-state index in [2.05, 4.69) is 15.6 Å². The molecule has 0 spiro atoms. The Kier molecular flexibility index (Phi) is 3.81. The molecule has 1 aliphatic heterocycles. The quantitative estimate of drug-likeness (QED) is 0.783. The number of aromatic nitrogens is 1. The summed E-state index contributed by atoms with van der Waals surface area (Å²) in [5.74, 6) is -1.08. The van der Waals surface area contributed by atoms with Crippen molar-refractivity contribution in [3.63, 3.8) is 0 Å². The predicted molar refractivity (Wildman–Crippen MR) is 76.7 cm³/mol. The van der Waals surface area contributed by atoms with Crippen LogP contribution >= 0.6 is 11.3 Å². The maximum Gasteiger partial charge on any atom is 0.332 e. The predicted octanol–water partition coefficient (Wildman–Crippen LogP) is 1.39. The van der Waals surface area contributed by atoms with E-state index in [-0.39, 0.29) is 13.0 Å². The lowest BCUT2D eigenvalue weighted by molar-refractivity contribution is -0.144. The lowest BCUT2D eigenvalue weighted by Crippen LogP contribution is -2.56. The molecule has 1 aliphatic carbocycles. The maximum absolute atomic E-state index is 12.0. The van der Waals surface area contributed by atoms with E-state index in [0.717, 1.165) is 31.4 Å². The van der Waals surface area contributed by atoms with Gasteiger partial charge in [-0.1, -0.05) is 0 Å². The third-order valence-corrected chi connectivity index (χ3v) is 4.92. The lowest BCUT2D eigenvalue weighted by Gasteiger charge is -2.23. The van der Waals surface area contributed by atoms with E-state index in [1.54, 1.807) is 0 Å². The van der Waals surface area contributed by atoms with Crippen molar-refractivity contribution in [1.82, 2.24) is 10.3 Å². The number of anilines is 1. The first-order valence-electron chi connectivity index (χ1n) is 6.98. The Hall–Kier alpha value is -1.67. The Morgan fingerprint density at radius 1 is 1.33 bits per heavy atom. The van der Waals surface area contributed by atoms with Gasteiger partial charge in [0, 0.05) is 17.9 Å². The number of aryl methyl sites for hydroxylation is 2. The van der Waals surface area contributed by atoms with E-state index in [4.69, 9.17) is 4.74 Å². The number of amides is 2. The van der Waals surface area contributed by atoms with E-state index in [9.17, 15) is 14.7 Å². The van der Waals surface area contributed by atoms with Gasteiger partial charge in [-0.15, -0.1) is 11.3 Å². The van der Waals surface area contributed by atoms with Crippen molar-refractivity contribution < 1.29 is 19.4 Å². The van der Waals surface area contributed by atoms with Crippen molar-refractivity contribution in [2.75, 3.05) is 18.5 Å². The molecule has 0 saturated carbocycles. The fourth-order valence-electron chi connectivity index (χ4n) is 2.64. The molecule has 7 nitrogen and oxygen atoms in total. The van der Waals surface area contributed by atoms with Crippen LogP contribution in [-0.2, 0) is 22.4 Å². The van der Waals surface area contributed by atoms with Crippen LogP contribution in [0.3, 0.4) is 0 Å². The summed E-state index contributed by atoms with van der Waals surface area (Å²) in [5, 5.41) is 15.0. The molecule has 2 amide bonds. The van der Waals surface area contributed by atoms with Crippen LogP contribution in [0.2, 0.25) is 0 Å². The second-order valence-electron chi connectivity index (χ2n) is 5.36. The van der Waals surface area contributed by atoms with Crippen molar-refractivity contribution in [3.05, 3.63) is 10.6 Å². The Balaban J connectivity index is 1.66. The molecule has 1 aromatic heterocycles. The molecule has 0 aromatic carbocycles. The first-order valence-corrected chi connectivity index (χ1v) is 7.80. The second kappa shape index (κ2) is 5.61. The number of hydrogen-bond donors (Lipinski definition) is 3. The molecule has 2 aliphatic rings. The summed E-state index contributed by atoms with van der Waals surface area (Å²) in [6.07, 6.45) is 4.50. The average Bonchev–Trinajstić information content (AvgIpc) is 3.05. The Morgan fingerprint density at radius 3 is 2.81 bits per heavy atom. The van der Waals surface area contributed by atoms with Gasteiger partial charge in [0.05, 0.1) is 12.3 Å². The number of aliphatic carboxylic acids is 1. The molecule has 1 atom stereocenters. The van der Waals surface area contributed by atoms with E-state index in [0.29, 0.717) is 11.7 Å². The van der Waals surface area contributed by atoms with E-state index < -0.39 is 17.5 Å².